The first-order valence-corrected chi connectivity index (χ1v) is 6.40. The molecule has 18 heavy (non-hydrogen) atoms. The molecule has 1 aliphatic heterocycles. The fourth-order valence-electron chi connectivity index (χ4n) is 2.37. The number of nitrogens with zero attached hydrogens (tertiary/aromatic N) is 6. The van der Waals surface area contributed by atoms with E-state index >= 15 is 0 Å². The lowest BCUT2D eigenvalue weighted by molar-refractivity contribution is 0.579. The summed E-state index contributed by atoms with van der Waals surface area (Å²) in [5, 5.41) is 19.2. The maximum absolute atomic E-state index is 4.43. The summed E-state index contributed by atoms with van der Waals surface area (Å²) in [5.74, 6) is 0.922. The minimum atomic E-state index is 0.566. The molecule has 7 heteroatoms. The number of hydrogen-bond donors (Lipinski definition) is 1. The maximum atomic E-state index is 4.43. The Labute approximate surface area is 105 Å². The molecule has 2 aromatic rings. The van der Waals surface area contributed by atoms with E-state index in [1.807, 2.05) is 12.1 Å². The van der Waals surface area contributed by atoms with E-state index in [-0.39, 0.29) is 0 Å². The molecule has 1 saturated heterocycles. The summed E-state index contributed by atoms with van der Waals surface area (Å²) < 4.78 is 1.47. The number of likely N-dealkylation sites (N-methyl/N-ethyl adjacent to an activating group) is 1. The molecule has 0 spiro atoms. The zero-order chi connectivity index (χ0) is 12.4. The van der Waals surface area contributed by atoms with Gasteiger partial charge in [0, 0.05) is 19.1 Å². The molecule has 0 radical (unpaired) electrons. The van der Waals surface area contributed by atoms with E-state index in [0.29, 0.717) is 11.7 Å². The van der Waals surface area contributed by atoms with Crippen LogP contribution in [0.4, 0.5) is 5.82 Å². The first kappa shape index (κ1) is 11.3. The Balaban J connectivity index is 1.80. The highest BCUT2D eigenvalue weighted by Gasteiger charge is 2.18. The topological polar surface area (TPSA) is 71.2 Å². The van der Waals surface area contributed by atoms with Gasteiger partial charge in [0.15, 0.2) is 11.5 Å². The fraction of sp³-hybridized carbons (Fsp3) is 0.636. The van der Waals surface area contributed by atoms with Crippen molar-refractivity contribution in [1.29, 1.82) is 0 Å². The zero-order valence-electron chi connectivity index (χ0n) is 10.5. The first-order chi connectivity index (χ1) is 8.86. The highest BCUT2D eigenvalue weighted by Crippen LogP contribution is 2.14. The van der Waals surface area contributed by atoms with Gasteiger partial charge in [-0.25, -0.2) is 0 Å². The van der Waals surface area contributed by atoms with Gasteiger partial charge in [0.05, 0.1) is 0 Å². The van der Waals surface area contributed by atoms with E-state index in [4.69, 9.17) is 0 Å². The number of fused-ring (bicyclic) bond motifs is 1. The number of tetrazole rings is 1. The summed E-state index contributed by atoms with van der Waals surface area (Å²) in [5.41, 5.74) is 0.675. The van der Waals surface area contributed by atoms with Crippen molar-refractivity contribution in [1.82, 2.24) is 30.6 Å². The van der Waals surface area contributed by atoms with Gasteiger partial charge in [-0.2, -0.15) is 0 Å². The lowest BCUT2D eigenvalue weighted by Crippen LogP contribution is -2.38. The number of nitrogens with one attached hydrogen (secondary N) is 1. The standard InChI is InChI=1S/C11H17N7/c1-2-17(8-9-4-3-7-12-9)11-6-5-10-13-15-16-18(10)14-11/h5-6,9,12H,2-4,7-8H2,1H3. The summed E-state index contributed by atoms with van der Waals surface area (Å²) in [6.45, 7) is 5.18. The predicted octanol–water partition coefficient (Wildman–Crippen LogP) is 0.0976. The largest absolute Gasteiger partial charge is 0.354 e. The van der Waals surface area contributed by atoms with Crippen molar-refractivity contribution in [3.63, 3.8) is 0 Å². The highest BCUT2D eigenvalue weighted by atomic mass is 15.6. The highest BCUT2D eigenvalue weighted by molar-refractivity contribution is 5.44. The molecular formula is C11H17N7. The third kappa shape index (κ3) is 2.13. The van der Waals surface area contributed by atoms with Crippen molar-refractivity contribution in [2.24, 2.45) is 0 Å². The third-order valence-electron chi connectivity index (χ3n) is 3.36. The zero-order valence-corrected chi connectivity index (χ0v) is 10.5. The summed E-state index contributed by atoms with van der Waals surface area (Å²) >= 11 is 0. The molecule has 0 aromatic carbocycles. The molecular weight excluding hydrogens is 230 g/mol. The number of rotatable bonds is 4. The monoisotopic (exact) mass is 247 g/mol. The molecule has 3 rings (SSSR count). The van der Waals surface area contributed by atoms with Crippen molar-refractivity contribution in [2.45, 2.75) is 25.8 Å². The van der Waals surface area contributed by atoms with E-state index in [1.165, 1.54) is 17.5 Å². The van der Waals surface area contributed by atoms with Crippen LogP contribution in [-0.4, -0.2) is 50.9 Å². The van der Waals surface area contributed by atoms with Gasteiger partial charge in [-0.3, -0.25) is 0 Å². The Morgan fingerprint density at radius 2 is 2.44 bits per heavy atom. The van der Waals surface area contributed by atoms with E-state index in [1.54, 1.807) is 0 Å². The molecule has 1 fully saturated rings. The molecule has 1 N–H and O–H groups in total. The van der Waals surface area contributed by atoms with Gasteiger partial charge < -0.3 is 10.2 Å². The summed E-state index contributed by atoms with van der Waals surface area (Å²) in [6, 6.07) is 4.44. The fourth-order valence-corrected chi connectivity index (χ4v) is 2.37. The van der Waals surface area contributed by atoms with Crippen molar-refractivity contribution in [3.05, 3.63) is 12.1 Å². The van der Waals surface area contributed by atoms with Crippen LogP contribution in [0.1, 0.15) is 19.8 Å². The SMILES string of the molecule is CCN(CC1CCCN1)c1ccc2nnnn2n1. The van der Waals surface area contributed by atoms with Crippen LogP contribution in [-0.2, 0) is 0 Å². The number of hydrogen-bond acceptors (Lipinski definition) is 6. The first-order valence-electron chi connectivity index (χ1n) is 6.40. The van der Waals surface area contributed by atoms with Crippen LogP contribution in [0.25, 0.3) is 5.65 Å². The normalized spacial score (nSPS) is 19.5. The van der Waals surface area contributed by atoms with Crippen LogP contribution in [0.15, 0.2) is 12.1 Å². The predicted molar refractivity (Wildman–Crippen MR) is 67.5 cm³/mol. The van der Waals surface area contributed by atoms with Gasteiger partial charge >= 0.3 is 0 Å². The summed E-state index contributed by atoms with van der Waals surface area (Å²) in [6.07, 6.45) is 2.51. The molecule has 7 nitrogen and oxygen atoms in total. The average Bonchev–Trinajstić information content (AvgIpc) is 3.06. The van der Waals surface area contributed by atoms with Crippen molar-refractivity contribution >= 4 is 11.5 Å². The maximum Gasteiger partial charge on any atom is 0.200 e. The second-order valence-corrected chi connectivity index (χ2v) is 4.55. The van der Waals surface area contributed by atoms with Crippen molar-refractivity contribution < 1.29 is 0 Å². The molecule has 0 amide bonds. The Morgan fingerprint density at radius 3 is 3.22 bits per heavy atom. The van der Waals surface area contributed by atoms with E-state index in [0.717, 1.165) is 25.5 Å². The minimum absolute atomic E-state index is 0.566. The Morgan fingerprint density at radius 1 is 1.50 bits per heavy atom. The molecule has 0 aliphatic carbocycles. The molecule has 1 atom stereocenters. The minimum Gasteiger partial charge on any atom is -0.354 e. The molecule has 3 heterocycles. The van der Waals surface area contributed by atoms with Gasteiger partial charge in [-0.05, 0) is 48.9 Å². The third-order valence-corrected chi connectivity index (χ3v) is 3.36. The van der Waals surface area contributed by atoms with E-state index < -0.39 is 0 Å². The summed E-state index contributed by atoms with van der Waals surface area (Å²) in [4.78, 5) is 2.25. The van der Waals surface area contributed by atoms with Gasteiger partial charge in [-0.1, -0.05) is 0 Å². The van der Waals surface area contributed by atoms with Crippen LogP contribution >= 0.6 is 0 Å². The van der Waals surface area contributed by atoms with Gasteiger partial charge in [0.1, 0.15) is 0 Å². The van der Waals surface area contributed by atoms with Crippen LogP contribution < -0.4 is 10.2 Å². The average molecular weight is 247 g/mol. The summed E-state index contributed by atoms with van der Waals surface area (Å²) in [7, 11) is 0. The Kier molecular flexibility index (Phi) is 3.06. The van der Waals surface area contributed by atoms with Crippen LogP contribution in [0.3, 0.4) is 0 Å². The molecule has 2 aromatic heterocycles. The Bertz CT molecular complexity index is 517. The van der Waals surface area contributed by atoms with E-state index in [2.05, 4.69) is 37.8 Å². The second-order valence-electron chi connectivity index (χ2n) is 4.55. The van der Waals surface area contributed by atoms with Crippen molar-refractivity contribution in [2.75, 3.05) is 24.5 Å². The van der Waals surface area contributed by atoms with Crippen molar-refractivity contribution in [3.8, 4) is 0 Å². The molecule has 0 bridgehead atoms. The molecule has 1 unspecified atom stereocenters. The lowest BCUT2D eigenvalue weighted by atomic mass is 10.2. The van der Waals surface area contributed by atoms with Crippen LogP contribution in [0.2, 0.25) is 0 Å². The second kappa shape index (κ2) is 4.85. The van der Waals surface area contributed by atoms with Gasteiger partial charge in [0.25, 0.3) is 0 Å². The van der Waals surface area contributed by atoms with Gasteiger partial charge in [0.2, 0.25) is 0 Å². The molecule has 96 valence electrons. The molecule has 1 aliphatic rings. The van der Waals surface area contributed by atoms with Gasteiger partial charge in [-0.15, -0.1) is 14.8 Å². The van der Waals surface area contributed by atoms with Crippen LogP contribution in [0.5, 0.6) is 0 Å². The lowest BCUT2D eigenvalue weighted by Gasteiger charge is -2.25. The number of aromatic nitrogens is 5. The quantitative estimate of drug-likeness (QED) is 0.826. The van der Waals surface area contributed by atoms with E-state index in [9.17, 15) is 0 Å². The van der Waals surface area contributed by atoms with Crippen LogP contribution in [0, 0.1) is 0 Å². The Hall–Kier alpha value is -1.76. The molecule has 0 saturated carbocycles. The number of anilines is 1. The smallest absolute Gasteiger partial charge is 0.200 e.